The van der Waals surface area contributed by atoms with Gasteiger partial charge in [-0.05, 0) is 61.0 Å². The molecule has 2 amide bonds. The second-order valence-corrected chi connectivity index (χ2v) is 11.9. The van der Waals surface area contributed by atoms with E-state index in [0.29, 0.717) is 29.6 Å². The number of imide groups is 1. The van der Waals surface area contributed by atoms with Crippen LogP contribution in [0.3, 0.4) is 0 Å². The first-order valence-electron chi connectivity index (χ1n) is 8.03. The molecule has 146 valence electrons. The Kier molecular flexibility index (Phi) is 6.42. The van der Waals surface area contributed by atoms with E-state index < -0.39 is 25.1 Å². The van der Waals surface area contributed by atoms with Crippen molar-refractivity contribution < 1.29 is 18.0 Å². The number of halogens is 2. The van der Waals surface area contributed by atoms with Crippen molar-refractivity contribution in [2.24, 2.45) is 0 Å². The van der Waals surface area contributed by atoms with Gasteiger partial charge in [-0.2, -0.15) is 0 Å². The van der Waals surface area contributed by atoms with Gasteiger partial charge >= 0.3 is 0 Å². The Balaban J connectivity index is 1.78. The van der Waals surface area contributed by atoms with Crippen molar-refractivity contribution in [1.82, 2.24) is 5.32 Å². The Morgan fingerprint density at radius 3 is 2.36 bits per heavy atom. The predicted molar refractivity (Wildman–Crippen MR) is 113 cm³/mol. The third-order valence-corrected chi connectivity index (χ3v) is 9.98. The van der Waals surface area contributed by atoms with Crippen LogP contribution in [0.2, 0.25) is 9.36 Å². The Morgan fingerprint density at radius 2 is 1.79 bits per heavy atom. The summed E-state index contributed by atoms with van der Waals surface area (Å²) < 4.78 is 24.6. The maximum absolute atomic E-state index is 13.1. The van der Waals surface area contributed by atoms with Crippen molar-refractivity contribution in [3.63, 3.8) is 0 Å². The summed E-state index contributed by atoms with van der Waals surface area (Å²) in [5.41, 5.74) is 0.781. The molecule has 1 N–H and O–H groups in total. The van der Waals surface area contributed by atoms with E-state index in [1.807, 2.05) is 0 Å². The maximum Gasteiger partial charge on any atom is 0.287 e. The Bertz CT molecular complexity index is 1080. The van der Waals surface area contributed by atoms with Gasteiger partial charge in [0.05, 0.1) is 4.34 Å². The summed E-state index contributed by atoms with van der Waals surface area (Å²) in [7, 11) is -4.10. The number of carbonyl (C=O) groups excluding carboxylic acids is 2. The van der Waals surface area contributed by atoms with Crippen molar-refractivity contribution in [2.45, 2.75) is 27.6 Å². The molecule has 1 aliphatic heterocycles. The first-order valence-corrected chi connectivity index (χ1v) is 11.9. The zero-order valence-corrected chi connectivity index (χ0v) is 18.2. The number of thiophene rings is 1. The van der Waals surface area contributed by atoms with Crippen LogP contribution in [0.4, 0.5) is 4.79 Å². The van der Waals surface area contributed by atoms with E-state index in [9.17, 15) is 18.0 Å². The number of thioether (sulfide) groups is 1. The monoisotopic (exact) mass is 473 g/mol. The summed E-state index contributed by atoms with van der Waals surface area (Å²) in [5, 5.41) is 2.03. The molecule has 5 nitrogen and oxygen atoms in total. The van der Waals surface area contributed by atoms with Gasteiger partial charge in [-0.3, -0.25) is 14.9 Å². The second kappa shape index (κ2) is 8.47. The van der Waals surface area contributed by atoms with Crippen molar-refractivity contribution in [1.29, 1.82) is 0 Å². The summed E-state index contributed by atoms with van der Waals surface area (Å²) in [6, 6.07) is 9.81. The highest BCUT2D eigenvalue weighted by Gasteiger charge is 2.58. The fourth-order valence-electron chi connectivity index (χ4n) is 2.60. The zero-order chi connectivity index (χ0) is 20.4. The van der Waals surface area contributed by atoms with E-state index in [2.05, 4.69) is 17.2 Å². The lowest BCUT2D eigenvalue weighted by Gasteiger charge is -2.23. The van der Waals surface area contributed by atoms with Gasteiger partial charge in [-0.25, -0.2) is 8.42 Å². The molecule has 0 bridgehead atoms. The number of rotatable bonds is 5. The number of benzene rings is 1. The molecule has 2 heterocycles. The van der Waals surface area contributed by atoms with Crippen LogP contribution < -0.4 is 5.32 Å². The van der Waals surface area contributed by atoms with Gasteiger partial charge in [0.1, 0.15) is 4.21 Å². The lowest BCUT2D eigenvalue weighted by Crippen LogP contribution is -2.43. The molecule has 2 aromatic rings. The summed E-state index contributed by atoms with van der Waals surface area (Å²) in [4.78, 5) is 24.2. The first kappa shape index (κ1) is 21.2. The van der Waals surface area contributed by atoms with E-state index in [4.69, 9.17) is 23.2 Å². The quantitative estimate of drug-likeness (QED) is 0.501. The fourth-order valence-corrected chi connectivity index (χ4v) is 7.98. The van der Waals surface area contributed by atoms with Crippen LogP contribution in [-0.2, 0) is 14.6 Å². The first-order chi connectivity index (χ1) is 13.2. The highest BCUT2D eigenvalue weighted by Crippen LogP contribution is 2.46. The minimum Gasteiger partial charge on any atom is -0.285 e. The third kappa shape index (κ3) is 4.24. The van der Waals surface area contributed by atoms with E-state index in [1.165, 1.54) is 12.1 Å². The molecule has 1 unspecified atom stereocenters. The molecule has 0 spiro atoms. The van der Waals surface area contributed by atoms with E-state index in [0.717, 1.165) is 16.9 Å². The normalized spacial score (nSPS) is 19.2. The molecular formula is C18H13Cl2NO4S3. The Labute approximate surface area is 180 Å². The van der Waals surface area contributed by atoms with E-state index >= 15 is 0 Å². The third-order valence-electron chi connectivity index (χ3n) is 3.95. The van der Waals surface area contributed by atoms with Crippen LogP contribution in [0.5, 0.6) is 0 Å². The molecule has 1 aromatic carbocycles. The van der Waals surface area contributed by atoms with Gasteiger partial charge in [-0.1, -0.05) is 35.0 Å². The Morgan fingerprint density at radius 1 is 1.07 bits per heavy atom. The van der Waals surface area contributed by atoms with Crippen molar-refractivity contribution in [2.75, 3.05) is 0 Å². The number of amides is 2. The predicted octanol–water partition coefficient (Wildman–Crippen LogP) is 4.73. The molecule has 1 aliphatic rings. The van der Waals surface area contributed by atoms with Crippen molar-refractivity contribution in [3.8, 4) is 11.8 Å². The van der Waals surface area contributed by atoms with Crippen LogP contribution in [0, 0.1) is 11.8 Å². The number of carbonyl (C=O) groups is 2. The molecular weight excluding hydrogens is 461 g/mol. The Hall–Kier alpha value is -1.50. The van der Waals surface area contributed by atoms with Gasteiger partial charge in [0, 0.05) is 17.0 Å². The number of nitrogens with one attached hydrogen (secondary N) is 1. The van der Waals surface area contributed by atoms with E-state index in [1.54, 1.807) is 24.3 Å². The zero-order valence-electron chi connectivity index (χ0n) is 14.2. The smallest absolute Gasteiger partial charge is 0.285 e. The molecule has 1 atom stereocenters. The second-order valence-electron chi connectivity index (χ2n) is 5.82. The maximum atomic E-state index is 13.1. The summed E-state index contributed by atoms with van der Waals surface area (Å²) in [6.07, 6.45) is 0.655. The SMILES string of the molecule is O=C1NC(=O)C(CCCC#Cc2ccc(Cl)cc2)(S(=O)(=O)c2ccc(Cl)s2)S1. The van der Waals surface area contributed by atoms with Crippen LogP contribution in [-0.4, -0.2) is 23.6 Å². The number of hydrogen-bond donors (Lipinski definition) is 1. The summed E-state index contributed by atoms with van der Waals surface area (Å²) in [5.74, 6) is 5.09. The lowest BCUT2D eigenvalue weighted by molar-refractivity contribution is -0.120. The number of sulfone groups is 1. The minimum atomic E-state index is -4.10. The molecule has 0 aliphatic carbocycles. The average Bonchev–Trinajstić information content (AvgIpc) is 3.20. The molecule has 0 saturated carbocycles. The van der Waals surface area contributed by atoms with Crippen LogP contribution in [0.15, 0.2) is 40.6 Å². The topological polar surface area (TPSA) is 80.3 Å². The molecule has 28 heavy (non-hydrogen) atoms. The van der Waals surface area contributed by atoms with Crippen LogP contribution >= 0.6 is 46.3 Å². The molecule has 1 aromatic heterocycles. The molecule has 1 fully saturated rings. The van der Waals surface area contributed by atoms with Gasteiger partial charge in [0.15, 0.2) is 0 Å². The van der Waals surface area contributed by atoms with Crippen LogP contribution in [0.25, 0.3) is 0 Å². The highest BCUT2D eigenvalue weighted by atomic mass is 35.5. The fraction of sp³-hybridized carbons (Fsp3) is 0.222. The largest absolute Gasteiger partial charge is 0.287 e. The molecule has 0 radical (unpaired) electrons. The minimum absolute atomic E-state index is 0.0393. The van der Waals surface area contributed by atoms with Gasteiger partial charge in [-0.15, -0.1) is 11.3 Å². The lowest BCUT2D eigenvalue weighted by atomic mass is 10.1. The highest BCUT2D eigenvalue weighted by molar-refractivity contribution is 8.25. The number of hydrogen-bond acceptors (Lipinski definition) is 6. The summed E-state index contributed by atoms with van der Waals surface area (Å²) in [6.45, 7) is 0. The van der Waals surface area contributed by atoms with E-state index in [-0.39, 0.29) is 15.0 Å². The summed E-state index contributed by atoms with van der Waals surface area (Å²) >= 11 is 13.0. The van der Waals surface area contributed by atoms with Crippen molar-refractivity contribution in [3.05, 3.63) is 51.3 Å². The van der Waals surface area contributed by atoms with Crippen LogP contribution in [0.1, 0.15) is 24.8 Å². The van der Waals surface area contributed by atoms with Gasteiger partial charge < -0.3 is 0 Å². The van der Waals surface area contributed by atoms with Crippen molar-refractivity contribution >= 4 is 67.3 Å². The molecule has 1 saturated heterocycles. The van der Waals surface area contributed by atoms with Gasteiger partial charge in [0.2, 0.25) is 13.9 Å². The van der Waals surface area contributed by atoms with Gasteiger partial charge in [0.25, 0.3) is 11.1 Å². The number of unbranched alkanes of at least 4 members (excludes halogenated alkanes) is 1. The standard InChI is InChI=1S/C18H13Cl2NO4S3/c19-13-7-5-12(6-8-13)4-2-1-3-11-18(16(22)21-17(23)27-18)28(24,25)15-10-9-14(20)26-15/h5-10H,1,3,11H2,(H,21,22,23). The molecule has 10 heteroatoms. The average molecular weight is 474 g/mol. The molecule has 3 rings (SSSR count).